The highest BCUT2D eigenvalue weighted by Gasteiger charge is 2.40. The molecule has 0 aromatic rings. The molecule has 0 amide bonds. The summed E-state index contributed by atoms with van der Waals surface area (Å²) in [7, 11) is 0. The van der Waals surface area contributed by atoms with Gasteiger partial charge in [-0.05, 0) is 16.7 Å². The van der Waals surface area contributed by atoms with Crippen LogP contribution in [0.3, 0.4) is 0 Å². The maximum absolute atomic E-state index is 8.73. The Morgan fingerprint density at radius 1 is 0.722 bits per heavy atom. The Balaban J connectivity index is 3.79. The molecule has 1 aliphatic rings. The molecule has 1 fully saturated rings. The molecular weight excluding hydrogens is 228 g/mol. The number of hydrogen-bond donors (Lipinski definition) is 0. The second-order valence-corrected chi connectivity index (χ2v) is 2.87. The Kier molecular flexibility index (Phi) is 3.25. The van der Waals surface area contributed by atoms with E-state index in [1.165, 1.54) is 0 Å². The Morgan fingerprint density at radius 2 is 1.11 bits per heavy atom. The first-order valence-corrected chi connectivity index (χ1v) is 4.29. The van der Waals surface area contributed by atoms with Gasteiger partial charge < -0.3 is 0 Å². The molecule has 0 N–H and O–H groups in total. The van der Waals surface area contributed by atoms with Gasteiger partial charge in [0.1, 0.15) is 17.7 Å². The van der Waals surface area contributed by atoms with Gasteiger partial charge in [0.25, 0.3) is 11.4 Å². The van der Waals surface area contributed by atoms with Gasteiger partial charge in [0.05, 0.1) is 25.3 Å². The van der Waals surface area contributed by atoms with Crippen LogP contribution >= 0.6 is 0 Å². The third-order valence-corrected chi connectivity index (χ3v) is 2.07. The standard InChI is InChI=1S/C12N6/c1-17-8(5-15)11-10(7(3-13)4-14)12(11)9(6-16)18-2. The van der Waals surface area contributed by atoms with E-state index >= 15 is 0 Å². The van der Waals surface area contributed by atoms with Crippen molar-refractivity contribution in [3.63, 3.8) is 0 Å². The fourth-order valence-electron chi connectivity index (χ4n) is 1.32. The van der Waals surface area contributed by atoms with Gasteiger partial charge in [-0.1, -0.05) is 0 Å². The minimum absolute atomic E-state index is 0.0538. The minimum atomic E-state index is -0.334. The van der Waals surface area contributed by atoms with Crippen molar-refractivity contribution in [1.29, 1.82) is 21.0 Å². The highest BCUT2D eigenvalue weighted by Crippen LogP contribution is 2.50. The molecule has 78 valence electrons. The van der Waals surface area contributed by atoms with Crippen LogP contribution in [0.4, 0.5) is 0 Å². The molecule has 6 heteroatoms. The van der Waals surface area contributed by atoms with E-state index in [0.29, 0.717) is 0 Å². The predicted molar refractivity (Wildman–Crippen MR) is 56.7 cm³/mol. The molecule has 1 rings (SSSR count). The monoisotopic (exact) mass is 228 g/mol. The van der Waals surface area contributed by atoms with Crippen LogP contribution in [0.5, 0.6) is 0 Å². The summed E-state index contributed by atoms with van der Waals surface area (Å²) in [5.41, 5.74) is -0.817. The second kappa shape index (κ2) is 4.79. The zero-order valence-electron chi connectivity index (χ0n) is 8.68. The summed E-state index contributed by atoms with van der Waals surface area (Å²) in [6.45, 7) is 13.6. The zero-order valence-corrected chi connectivity index (χ0v) is 8.68. The Labute approximate surface area is 102 Å². The van der Waals surface area contributed by atoms with Gasteiger partial charge in [-0.25, -0.2) is 20.2 Å². The van der Waals surface area contributed by atoms with E-state index in [2.05, 4.69) is 9.69 Å². The van der Waals surface area contributed by atoms with Gasteiger partial charge >= 0.3 is 0 Å². The summed E-state index contributed by atoms with van der Waals surface area (Å²) in [5, 5.41) is 34.9. The molecule has 0 heterocycles. The second-order valence-electron chi connectivity index (χ2n) is 2.87. The minimum Gasteiger partial charge on any atom is -0.226 e. The van der Waals surface area contributed by atoms with Crippen LogP contribution in [-0.4, -0.2) is 0 Å². The van der Waals surface area contributed by atoms with Gasteiger partial charge in [-0.15, -0.1) is 0 Å². The van der Waals surface area contributed by atoms with E-state index in [-0.39, 0.29) is 33.7 Å². The maximum atomic E-state index is 8.73. The van der Waals surface area contributed by atoms with Crippen LogP contribution in [0, 0.1) is 58.5 Å². The topological polar surface area (TPSA) is 104 Å². The van der Waals surface area contributed by atoms with Crippen LogP contribution in [0.2, 0.25) is 0 Å². The summed E-state index contributed by atoms with van der Waals surface area (Å²) in [6, 6.07) is 6.42. The van der Waals surface area contributed by atoms with Gasteiger partial charge in [0.2, 0.25) is 0 Å². The van der Waals surface area contributed by atoms with Crippen LogP contribution in [0.25, 0.3) is 9.69 Å². The van der Waals surface area contributed by atoms with Crippen LogP contribution in [0.15, 0.2) is 33.7 Å². The molecule has 0 saturated heterocycles. The van der Waals surface area contributed by atoms with E-state index in [4.69, 9.17) is 34.2 Å². The average molecular weight is 228 g/mol. The van der Waals surface area contributed by atoms with Crippen molar-refractivity contribution in [3.8, 4) is 24.3 Å². The highest BCUT2D eigenvalue weighted by molar-refractivity contribution is 5.88. The third kappa shape index (κ3) is 1.66. The van der Waals surface area contributed by atoms with Gasteiger partial charge in [-0.3, -0.25) is 0 Å². The van der Waals surface area contributed by atoms with Crippen LogP contribution in [-0.2, 0) is 0 Å². The largest absolute Gasteiger partial charge is 0.268 e. The highest BCUT2D eigenvalue weighted by atomic mass is 14.7. The molecule has 0 spiro atoms. The van der Waals surface area contributed by atoms with E-state index in [0.717, 1.165) is 0 Å². The maximum Gasteiger partial charge on any atom is 0.268 e. The summed E-state index contributed by atoms with van der Waals surface area (Å²) in [6.07, 6.45) is 0. The molecule has 18 heavy (non-hydrogen) atoms. The fraction of sp³-hybridized carbons (Fsp3) is 0. The zero-order chi connectivity index (χ0) is 13.7. The molecule has 1 aliphatic carbocycles. The molecule has 6 nitrogen and oxygen atoms in total. The molecule has 0 bridgehead atoms. The van der Waals surface area contributed by atoms with Crippen molar-refractivity contribution >= 4 is 0 Å². The quantitative estimate of drug-likeness (QED) is 0.465. The van der Waals surface area contributed by atoms with Crippen molar-refractivity contribution in [1.82, 2.24) is 0 Å². The first kappa shape index (κ1) is 12.2. The number of rotatable bonds is 0. The molecular formula is C12N6. The lowest BCUT2D eigenvalue weighted by Crippen LogP contribution is -1.71. The summed E-state index contributed by atoms with van der Waals surface area (Å²) >= 11 is 0. The SMILES string of the molecule is [C-]#[N+]C(C#N)=C1C(=C(C#N)C#N)C1=C(C#N)[N+]#[C-]. The third-order valence-electron chi connectivity index (χ3n) is 2.07. The predicted octanol–water partition coefficient (Wildman–Crippen LogP) is 1.74. The normalized spacial score (nSPS) is 16.7. The fourth-order valence-corrected chi connectivity index (χ4v) is 1.32. The molecule has 0 unspecified atom stereocenters. The van der Waals surface area contributed by atoms with Gasteiger partial charge in [-0.2, -0.15) is 10.5 Å². The average Bonchev–Trinajstić information content (AvgIpc) is 3.10. The number of nitrogens with zero attached hydrogens (tertiary/aromatic N) is 6. The summed E-state index contributed by atoms with van der Waals surface area (Å²) in [5.74, 6) is 0. The van der Waals surface area contributed by atoms with Crippen molar-refractivity contribution in [2.24, 2.45) is 0 Å². The first-order chi connectivity index (χ1) is 8.69. The van der Waals surface area contributed by atoms with Crippen LogP contribution in [0.1, 0.15) is 0 Å². The lowest BCUT2D eigenvalue weighted by Gasteiger charge is -1.75. The van der Waals surface area contributed by atoms with E-state index in [1.807, 2.05) is 0 Å². The van der Waals surface area contributed by atoms with Gasteiger partial charge in [0, 0.05) is 0 Å². The molecule has 0 aliphatic heterocycles. The summed E-state index contributed by atoms with van der Waals surface area (Å²) < 4.78 is 0. The smallest absolute Gasteiger partial charge is 0.226 e. The molecule has 0 atom stereocenters. The molecule has 0 aromatic carbocycles. The van der Waals surface area contributed by atoms with Crippen molar-refractivity contribution < 1.29 is 0 Å². The number of hydrogen-bond acceptors (Lipinski definition) is 4. The van der Waals surface area contributed by atoms with E-state index in [1.54, 1.807) is 24.3 Å². The Hall–Kier alpha value is -3.84. The lowest BCUT2D eigenvalue weighted by molar-refractivity contribution is 1.45. The van der Waals surface area contributed by atoms with E-state index < -0.39 is 0 Å². The van der Waals surface area contributed by atoms with Gasteiger partial charge in [0.15, 0.2) is 0 Å². The summed E-state index contributed by atoms with van der Waals surface area (Å²) in [4.78, 5) is 5.88. The Bertz CT molecular complexity index is 609. The van der Waals surface area contributed by atoms with Crippen molar-refractivity contribution in [2.75, 3.05) is 0 Å². The van der Waals surface area contributed by atoms with E-state index in [9.17, 15) is 0 Å². The van der Waals surface area contributed by atoms with Crippen molar-refractivity contribution in [2.45, 2.75) is 0 Å². The number of allylic oxidation sites excluding steroid dienone is 6. The Morgan fingerprint density at radius 3 is 1.33 bits per heavy atom. The first-order valence-electron chi connectivity index (χ1n) is 4.29. The number of nitriles is 4. The van der Waals surface area contributed by atoms with Crippen molar-refractivity contribution in [3.05, 3.63) is 56.5 Å². The molecule has 1 saturated carbocycles. The molecule has 0 aromatic heterocycles. The van der Waals surface area contributed by atoms with Crippen LogP contribution < -0.4 is 0 Å². The molecule has 0 radical (unpaired) electrons. The lowest BCUT2D eigenvalue weighted by atomic mass is 10.2.